The molecule has 0 spiro atoms. The molecule has 0 saturated carbocycles. The van der Waals surface area contributed by atoms with Crippen LogP contribution in [0.1, 0.15) is 49.7 Å². The van der Waals surface area contributed by atoms with E-state index in [0.29, 0.717) is 17.5 Å². The number of benzene rings is 1. The van der Waals surface area contributed by atoms with Crippen LogP contribution in [0.5, 0.6) is 0 Å². The van der Waals surface area contributed by atoms with Gasteiger partial charge in [-0.3, -0.25) is 19.2 Å². The van der Waals surface area contributed by atoms with Gasteiger partial charge < -0.3 is 52.3 Å². The summed E-state index contributed by atoms with van der Waals surface area (Å²) < 4.78 is 0. The fraction of sp³-hybridized carbons (Fsp3) is 0.481. The van der Waals surface area contributed by atoms with Crippen molar-refractivity contribution in [2.24, 2.45) is 0 Å². The van der Waals surface area contributed by atoms with Gasteiger partial charge in [-0.1, -0.05) is 24.3 Å². The lowest BCUT2D eigenvalue weighted by Gasteiger charge is -2.18. The third kappa shape index (κ3) is 16.1. The fourth-order valence-electron chi connectivity index (χ4n) is 3.82. The lowest BCUT2D eigenvalue weighted by molar-refractivity contribution is -0.141. The number of carbonyl (C=O) groups excluding carboxylic acids is 4. The zero-order valence-corrected chi connectivity index (χ0v) is 24.5. The Labute approximate surface area is 257 Å². The molecule has 18 heteroatoms. The summed E-state index contributed by atoms with van der Waals surface area (Å²) in [7, 11) is 1.33. The molecule has 0 aliphatic heterocycles. The number of carboxylic acids is 4. The van der Waals surface area contributed by atoms with Gasteiger partial charge in [0, 0.05) is 26.6 Å². The van der Waals surface area contributed by atoms with E-state index in [-0.39, 0.29) is 38.8 Å². The summed E-state index contributed by atoms with van der Waals surface area (Å²) in [6.07, 6.45) is -0.919. The Balaban J connectivity index is 2.40. The molecule has 0 radical (unpaired) electrons. The molecule has 0 fully saturated rings. The zero-order valence-electron chi connectivity index (χ0n) is 24.5. The van der Waals surface area contributed by atoms with E-state index in [1.165, 1.54) is 7.05 Å². The molecule has 0 heterocycles. The van der Waals surface area contributed by atoms with E-state index in [2.05, 4.69) is 26.6 Å². The predicted molar refractivity (Wildman–Crippen MR) is 154 cm³/mol. The van der Waals surface area contributed by atoms with Gasteiger partial charge in [-0.25, -0.2) is 19.2 Å². The second-order valence-electron chi connectivity index (χ2n) is 9.76. The second-order valence-corrected chi connectivity index (χ2v) is 9.76. The number of urea groups is 2. The number of carbonyl (C=O) groups is 8. The van der Waals surface area contributed by atoms with E-state index in [9.17, 15) is 43.5 Å². The van der Waals surface area contributed by atoms with Gasteiger partial charge in [-0.05, 0) is 36.8 Å². The van der Waals surface area contributed by atoms with Gasteiger partial charge >= 0.3 is 35.9 Å². The molecular weight excluding hydrogens is 600 g/mol. The second kappa shape index (κ2) is 19.7. The highest BCUT2D eigenvalue weighted by atomic mass is 16.4. The third-order valence-corrected chi connectivity index (χ3v) is 6.18. The average Bonchev–Trinajstić information content (AvgIpc) is 2.96. The first-order valence-electron chi connectivity index (χ1n) is 13.8. The van der Waals surface area contributed by atoms with E-state index in [1.807, 2.05) is 5.32 Å². The zero-order chi connectivity index (χ0) is 33.9. The van der Waals surface area contributed by atoms with Crippen LogP contribution in [0.15, 0.2) is 24.3 Å². The SMILES string of the molecule is CNC(=O)[C@H](CC(=O)O)NC(=O)Cc1ccc(CNC(=O)NCCCC[C@H](NC(=O)N[C@@H](CCC(=O)O)C(=O)O)C(=O)O)cc1. The number of carboxylic acid groups (broad SMARTS) is 4. The van der Waals surface area contributed by atoms with Crippen LogP contribution in [0.2, 0.25) is 0 Å². The van der Waals surface area contributed by atoms with Crippen molar-refractivity contribution in [1.82, 2.24) is 31.9 Å². The quantitative estimate of drug-likeness (QED) is 0.0768. The van der Waals surface area contributed by atoms with Crippen molar-refractivity contribution in [3.05, 3.63) is 35.4 Å². The van der Waals surface area contributed by atoms with E-state index < -0.39 is 78.7 Å². The molecule has 248 valence electrons. The molecule has 0 unspecified atom stereocenters. The van der Waals surface area contributed by atoms with Crippen LogP contribution in [-0.4, -0.2) is 99.9 Å². The molecule has 18 nitrogen and oxygen atoms in total. The van der Waals surface area contributed by atoms with Crippen LogP contribution in [-0.2, 0) is 41.7 Å². The van der Waals surface area contributed by atoms with Crippen molar-refractivity contribution in [3.63, 3.8) is 0 Å². The lowest BCUT2D eigenvalue weighted by Crippen LogP contribution is -2.51. The summed E-state index contributed by atoms with van der Waals surface area (Å²) in [6, 6.07) is 1.02. The minimum Gasteiger partial charge on any atom is -0.481 e. The number of likely N-dealkylation sites (N-methyl/N-ethyl adjacent to an activating group) is 1. The molecular formula is C27H38N6O12. The van der Waals surface area contributed by atoms with E-state index in [0.717, 1.165) is 0 Å². The number of nitrogens with one attached hydrogen (secondary N) is 6. The van der Waals surface area contributed by atoms with Gasteiger partial charge in [-0.15, -0.1) is 0 Å². The van der Waals surface area contributed by atoms with Crippen molar-refractivity contribution < 1.29 is 58.8 Å². The Morgan fingerprint density at radius 3 is 1.78 bits per heavy atom. The Morgan fingerprint density at radius 1 is 0.667 bits per heavy atom. The maximum Gasteiger partial charge on any atom is 0.326 e. The number of hydrogen-bond donors (Lipinski definition) is 10. The smallest absolute Gasteiger partial charge is 0.326 e. The topological polar surface area (TPSA) is 290 Å². The Bertz CT molecular complexity index is 1220. The molecule has 0 aromatic heterocycles. The molecule has 3 atom stereocenters. The summed E-state index contributed by atoms with van der Waals surface area (Å²) in [6.45, 7) is 0.340. The molecule has 6 amide bonds. The Kier molecular flexibility index (Phi) is 16.5. The highest BCUT2D eigenvalue weighted by molar-refractivity contribution is 5.91. The molecule has 45 heavy (non-hydrogen) atoms. The van der Waals surface area contributed by atoms with Crippen LogP contribution in [0.25, 0.3) is 0 Å². The van der Waals surface area contributed by atoms with Gasteiger partial charge in [0.15, 0.2) is 0 Å². The predicted octanol–water partition coefficient (Wildman–Crippen LogP) is -1.03. The molecule has 0 bridgehead atoms. The number of amides is 6. The van der Waals surface area contributed by atoms with Crippen LogP contribution >= 0.6 is 0 Å². The number of hydrogen-bond acceptors (Lipinski definition) is 8. The van der Waals surface area contributed by atoms with Crippen molar-refractivity contribution in [2.75, 3.05) is 13.6 Å². The maximum atomic E-state index is 12.3. The van der Waals surface area contributed by atoms with Crippen molar-refractivity contribution >= 4 is 47.8 Å². The standard InChI is InChI=1S/C27H38N6O12/c1-28-23(39)19(13-22(37)38)31-20(34)12-15-5-7-16(8-6-15)14-30-26(44)29-11-3-2-4-17(24(40)41)32-27(45)33-18(25(42)43)9-10-21(35)36/h5-8,17-19H,2-4,9-14H2,1H3,(H,28,39)(H,31,34)(H,35,36)(H,37,38)(H,40,41)(H,42,43)(H2,29,30,44)(H2,32,33,45)/t17-,18-,19-/m0/s1. The van der Waals surface area contributed by atoms with Crippen molar-refractivity contribution in [1.29, 1.82) is 0 Å². The van der Waals surface area contributed by atoms with E-state index in [1.54, 1.807) is 24.3 Å². The number of unbranched alkanes of at least 4 members (excludes halogenated alkanes) is 1. The molecule has 1 aromatic carbocycles. The van der Waals surface area contributed by atoms with Gasteiger partial charge in [-0.2, -0.15) is 0 Å². The monoisotopic (exact) mass is 638 g/mol. The first-order valence-corrected chi connectivity index (χ1v) is 13.8. The van der Waals surface area contributed by atoms with Gasteiger partial charge in [0.2, 0.25) is 11.8 Å². The van der Waals surface area contributed by atoms with Crippen LogP contribution in [0.4, 0.5) is 9.59 Å². The Hall–Kier alpha value is -5.42. The van der Waals surface area contributed by atoms with Gasteiger partial charge in [0.1, 0.15) is 18.1 Å². The minimum absolute atomic E-state index is 0.0185. The molecule has 0 aliphatic carbocycles. The Morgan fingerprint density at radius 2 is 1.24 bits per heavy atom. The molecule has 1 aromatic rings. The summed E-state index contributed by atoms with van der Waals surface area (Å²) in [5.41, 5.74) is 1.31. The average molecular weight is 639 g/mol. The first-order chi connectivity index (χ1) is 21.2. The molecule has 0 aliphatic rings. The highest BCUT2D eigenvalue weighted by Crippen LogP contribution is 2.07. The lowest BCUT2D eigenvalue weighted by atomic mass is 10.1. The summed E-state index contributed by atoms with van der Waals surface area (Å²) >= 11 is 0. The van der Waals surface area contributed by atoms with Crippen LogP contribution in [0, 0.1) is 0 Å². The normalized spacial score (nSPS) is 12.4. The summed E-state index contributed by atoms with van der Waals surface area (Å²) in [5, 5.41) is 50.2. The highest BCUT2D eigenvalue weighted by Gasteiger charge is 2.25. The molecule has 10 N–H and O–H groups in total. The van der Waals surface area contributed by atoms with Crippen molar-refractivity contribution in [3.8, 4) is 0 Å². The van der Waals surface area contributed by atoms with Crippen LogP contribution < -0.4 is 31.9 Å². The van der Waals surface area contributed by atoms with E-state index in [4.69, 9.17) is 15.3 Å². The minimum atomic E-state index is -1.51. The summed E-state index contributed by atoms with van der Waals surface area (Å²) in [4.78, 5) is 92.4. The summed E-state index contributed by atoms with van der Waals surface area (Å²) in [5.74, 6) is -6.48. The van der Waals surface area contributed by atoms with E-state index >= 15 is 0 Å². The van der Waals surface area contributed by atoms with Crippen LogP contribution in [0.3, 0.4) is 0 Å². The first kappa shape index (κ1) is 37.6. The molecule has 1 rings (SSSR count). The fourth-order valence-corrected chi connectivity index (χ4v) is 3.82. The number of aliphatic carboxylic acids is 4. The van der Waals surface area contributed by atoms with Gasteiger partial charge in [0.25, 0.3) is 0 Å². The van der Waals surface area contributed by atoms with Crippen molar-refractivity contribution in [2.45, 2.75) is 69.6 Å². The third-order valence-electron chi connectivity index (χ3n) is 6.18. The maximum absolute atomic E-state index is 12.3. The largest absolute Gasteiger partial charge is 0.481 e. The molecule has 0 saturated heterocycles. The van der Waals surface area contributed by atoms with Gasteiger partial charge in [0.05, 0.1) is 12.8 Å². The number of rotatable bonds is 20.